The predicted octanol–water partition coefficient (Wildman–Crippen LogP) is 2.72. The monoisotopic (exact) mass is 255 g/mol. The highest BCUT2D eigenvalue weighted by atomic mass is 15.3. The molecule has 100 valence electrons. The minimum atomic E-state index is 0.618. The minimum absolute atomic E-state index is 0.618. The molecule has 0 saturated heterocycles. The van der Waals surface area contributed by atoms with E-state index in [1.165, 1.54) is 30.4 Å². The number of aryl methyl sites for hydroxylation is 1. The van der Waals surface area contributed by atoms with Crippen LogP contribution in [0.15, 0.2) is 36.5 Å². The first-order valence-corrected chi connectivity index (χ1v) is 7.11. The summed E-state index contributed by atoms with van der Waals surface area (Å²) in [4.78, 5) is 0. The molecule has 0 amide bonds. The zero-order valence-electron chi connectivity index (χ0n) is 11.5. The summed E-state index contributed by atoms with van der Waals surface area (Å²) in [7, 11) is 1.95. The summed E-state index contributed by atoms with van der Waals surface area (Å²) < 4.78 is 2.10. The van der Waals surface area contributed by atoms with Gasteiger partial charge in [0.25, 0.3) is 0 Å². The fraction of sp³-hybridized carbons (Fsp3) is 0.438. The topological polar surface area (TPSA) is 29.9 Å². The molecule has 0 aliphatic heterocycles. The van der Waals surface area contributed by atoms with Crippen molar-refractivity contribution in [3.05, 3.63) is 53.3 Å². The molecule has 0 saturated carbocycles. The van der Waals surface area contributed by atoms with Gasteiger partial charge < -0.3 is 5.32 Å². The third kappa shape index (κ3) is 2.71. The predicted molar refractivity (Wildman–Crippen MR) is 77.1 cm³/mol. The number of hydrogen-bond donors (Lipinski definition) is 1. The Morgan fingerprint density at radius 2 is 2.21 bits per heavy atom. The highest BCUT2D eigenvalue weighted by Crippen LogP contribution is 2.32. The molecule has 1 N–H and O–H groups in total. The molecule has 1 atom stereocenters. The third-order valence-corrected chi connectivity index (χ3v) is 3.95. The minimum Gasteiger partial charge on any atom is -0.314 e. The summed E-state index contributed by atoms with van der Waals surface area (Å²) in [5, 5.41) is 7.76. The summed E-state index contributed by atoms with van der Waals surface area (Å²) in [6, 6.07) is 11.0. The molecule has 3 nitrogen and oxygen atoms in total. The van der Waals surface area contributed by atoms with Gasteiger partial charge in [0.2, 0.25) is 0 Å². The van der Waals surface area contributed by atoms with Crippen LogP contribution in [0.4, 0.5) is 0 Å². The number of benzene rings is 1. The van der Waals surface area contributed by atoms with Gasteiger partial charge in [0.05, 0.1) is 5.69 Å². The van der Waals surface area contributed by atoms with Crippen molar-refractivity contribution in [2.45, 2.75) is 38.3 Å². The zero-order valence-corrected chi connectivity index (χ0v) is 11.5. The van der Waals surface area contributed by atoms with E-state index >= 15 is 0 Å². The Balaban J connectivity index is 1.76. The van der Waals surface area contributed by atoms with Gasteiger partial charge in [-0.3, -0.25) is 4.68 Å². The summed E-state index contributed by atoms with van der Waals surface area (Å²) >= 11 is 0. The number of hydrogen-bond acceptors (Lipinski definition) is 2. The maximum atomic E-state index is 4.62. The van der Waals surface area contributed by atoms with Crippen molar-refractivity contribution < 1.29 is 0 Å². The summed E-state index contributed by atoms with van der Waals surface area (Å²) in [5.41, 5.74) is 4.17. The van der Waals surface area contributed by atoms with Gasteiger partial charge in [-0.1, -0.05) is 24.3 Å². The van der Waals surface area contributed by atoms with Crippen LogP contribution in [0.5, 0.6) is 0 Å². The molecule has 0 fully saturated rings. The highest BCUT2D eigenvalue weighted by Gasteiger charge is 2.20. The van der Waals surface area contributed by atoms with Crippen LogP contribution in [-0.2, 0) is 19.5 Å². The lowest BCUT2D eigenvalue weighted by atomic mass is 9.83. The SMILES string of the molecule is CNCc1ccn(CC2CCCc3ccccc32)n1. The molecule has 0 radical (unpaired) electrons. The van der Waals surface area contributed by atoms with Gasteiger partial charge in [0.15, 0.2) is 0 Å². The molecule has 0 spiro atoms. The van der Waals surface area contributed by atoms with Crippen LogP contribution < -0.4 is 5.32 Å². The van der Waals surface area contributed by atoms with E-state index in [2.05, 4.69) is 51.6 Å². The summed E-state index contributed by atoms with van der Waals surface area (Å²) in [6.07, 6.45) is 5.91. The molecule has 3 heteroatoms. The normalized spacial score (nSPS) is 18.3. The second kappa shape index (κ2) is 5.57. The average Bonchev–Trinajstić information content (AvgIpc) is 2.87. The van der Waals surface area contributed by atoms with Gasteiger partial charge in [-0.05, 0) is 43.5 Å². The molecular weight excluding hydrogens is 234 g/mol. The molecule has 1 aliphatic carbocycles. The van der Waals surface area contributed by atoms with Crippen molar-refractivity contribution in [1.82, 2.24) is 15.1 Å². The van der Waals surface area contributed by atoms with Crippen LogP contribution in [0.25, 0.3) is 0 Å². The first-order chi connectivity index (χ1) is 9.36. The molecule has 3 rings (SSSR count). The highest BCUT2D eigenvalue weighted by molar-refractivity contribution is 5.32. The molecular formula is C16H21N3. The Bertz CT molecular complexity index is 544. The fourth-order valence-electron chi connectivity index (χ4n) is 3.05. The first kappa shape index (κ1) is 12.4. The second-order valence-electron chi connectivity index (χ2n) is 5.35. The number of nitrogens with zero attached hydrogens (tertiary/aromatic N) is 2. The van der Waals surface area contributed by atoms with Crippen molar-refractivity contribution in [3.63, 3.8) is 0 Å². The van der Waals surface area contributed by atoms with Gasteiger partial charge >= 0.3 is 0 Å². The lowest BCUT2D eigenvalue weighted by Gasteiger charge is -2.25. The van der Waals surface area contributed by atoms with Gasteiger partial charge in [0, 0.05) is 25.2 Å². The average molecular weight is 255 g/mol. The molecule has 2 aromatic rings. The van der Waals surface area contributed by atoms with Gasteiger partial charge in [-0.15, -0.1) is 0 Å². The summed E-state index contributed by atoms with van der Waals surface area (Å²) in [5.74, 6) is 0.618. The molecule has 19 heavy (non-hydrogen) atoms. The van der Waals surface area contributed by atoms with Crippen LogP contribution in [0.2, 0.25) is 0 Å². The standard InChI is InChI=1S/C16H21N3/c1-17-11-15-9-10-19(18-15)12-14-7-4-6-13-5-2-3-8-16(13)14/h2-3,5,8-10,14,17H,4,6-7,11-12H2,1H3. The van der Waals surface area contributed by atoms with Crippen LogP contribution in [0.1, 0.15) is 35.6 Å². The fourth-order valence-corrected chi connectivity index (χ4v) is 3.05. The Hall–Kier alpha value is -1.61. The zero-order chi connectivity index (χ0) is 13.1. The van der Waals surface area contributed by atoms with Crippen molar-refractivity contribution in [2.75, 3.05) is 7.05 Å². The maximum absolute atomic E-state index is 4.62. The molecule has 1 unspecified atom stereocenters. The van der Waals surface area contributed by atoms with Crippen molar-refractivity contribution >= 4 is 0 Å². The summed E-state index contributed by atoms with van der Waals surface area (Å²) in [6.45, 7) is 1.84. The van der Waals surface area contributed by atoms with E-state index in [4.69, 9.17) is 0 Å². The van der Waals surface area contributed by atoms with Crippen LogP contribution in [0.3, 0.4) is 0 Å². The quantitative estimate of drug-likeness (QED) is 0.910. The number of nitrogens with one attached hydrogen (secondary N) is 1. The van der Waals surface area contributed by atoms with E-state index in [-0.39, 0.29) is 0 Å². The molecule has 1 aromatic heterocycles. The Kier molecular flexibility index (Phi) is 3.65. The number of rotatable bonds is 4. The molecule has 1 aromatic carbocycles. The maximum Gasteiger partial charge on any atom is 0.0762 e. The second-order valence-corrected chi connectivity index (χ2v) is 5.35. The largest absolute Gasteiger partial charge is 0.314 e. The Morgan fingerprint density at radius 1 is 1.32 bits per heavy atom. The van der Waals surface area contributed by atoms with Gasteiger partial charge in [-0.2, -0.15) is 5.10 Å². The van der Waals surface area contributed by atoms with E-state index in [1.54, 1.807) is 0 Å². The van der Waals surface area contributed by atoms with Crippen molar-refractivity contribution in [1.29, 1.82) is 0 Å². The Labute approximate surface area is 114 Å². The molecule has 1 heterocycles. The third-order valence-electron chi connectivity index (χ3n) is 3.95. The van der Waals surface area contributed by atoms with E-state index in [1.807, 2.05) is 7.05 Å². The van der Waals surface area contributed by atoms with E-state index in [0.717, 1.165) is 18.8 Å². The van der Waals surface area contributed by atoms with E-state index in [0.29, 0.717) is 5.92 Å². The van der Waals surface area contributed by atoms with Crippen LogP contribution in [-0.4, -0.2) is 16.8 Å². The first-order valence-electron chi connectivity index (χ1n) is 7.11. The molecule has 0 bridgehead atoms. The van der Waals surface area contributed by atoms with Gasteiger partial charge in [0.1, 0.15) is 0 Å². The van der Waals surface area contributed by atoms with Crippen molar-refractivity contribution in [2.24, 2.45) is 0 Å². The van der Waals surface area contributed by atoms with Crippen LogP contribution in [0, 0.1) is 0 Å². The molecule has 1 aliphatic rings. The van der Waals surface area contributed by atoms with Crippen molar-refractivity contribution in [3.8, 4) is 0 Å². The number of aromatic nitrogens is 2. The smallest absolute Gasteiger partial charge is 0.0762 e. The van der Waals surface area contributed by atoms with Gasteiger partial charge in [-0.25, -0.2) is 0 Å². The van der Waals surface area contributed by atoms with E-state index < -0.39 is 0 Å². The lowest BCUT2D eigenvalue weighted by Crippen LogP contribution is -2.16. The number of fused-ring (bicyclic) bond motifs is 1. The lowest BCUT2D eigenvalue weighted by molar-refractivity contribution is 0.454. The Morgan fingerprint density at radius 3 is 3.11 bits per heavy atom. The van der Waals surface area contributed by atoms with E-state index in [9.17, 15) is 0 Å². The van der Waals surface area contributed by atoms with Crippen LogP contribution >= 0.6 is 0 Å².